The van der Waals surface area contributed by atoms with Crippen LogP contribution in [0.1, 0.15) is 39.5 Å². The van der Waals surface area contributed by atoms with E-state index >= 15 is 0 Å². The van der Waals surface area contributed by atoms with Crippen molar-refractivity contribution in [2.24, 2.45) is 0 Å². The highest BCUT2D eigenvalue weighted by Gasteiger charge is 2.21. The molecule has 1 fully saturated rings. The Morgan fingerprint density at radius 1 is 1.33 bits per heavy atom. The van der Waals surface area contributed by atoms with Gasteiger partial charge in [-0.3, -0.25) is 0 Å². The van der Waals surface area contributed by atoms with E-state index in [1.165, 1.54) is 12.8 Å². The van der Waals surface area contributed by atoms with Crippen LogP contribution < -0.4 is 5.32 Å². The highest BCUT2D eigenvalue weighted by molar-refractivity contribution is 4.80. The molecule has 0 aromatic heterocycles. The van der Waals surface area contributed by atoms with Crippen LogP contribution in [-0.4, -0.2) is 48.3 Å². The first-order valence-corrected chi connectivity index (χ1v) is 6.23. The van der Waals surface area contributed by atoms with Crippen LogP contribution in [0.5, 0.6) is 0 Å². The normalized spacial score (nSPS) is 27.6. The minimum atomic E-state index is -0.122. The van der Waals surface area contributed by atoms with E-state index in [2.05, 4.69) is 31.1 Å². The number of hydrogen-bond acceptors (Lipinski definition) is 3. The first kappa shape index (κ1) is 12.9. The average molecular weight is 214 g/mol. The summed E-state index contributed by atoms with van der Waals surface area (Å²) in [6.07, 6.45) is 4.42. The van der Waals surface area contributed by atoms with Crippen LogP contribution in [0.3, 0.4) is 0 Å². The summed E-state index contributed by atoms with van der Waals surface area (Å²) in [6, 6.07) is 0.933. The van der Waals surface area contributed by atoms with Gasteiger partial charge in [-0.2, -0.15) is 0 Å². The van der Waals surface area contributed by atoms with Crippen molar-refractivity contribution in [2.75, 3.05) is 20.1 Å². The summed E-state index contributed by atoms with van der Waals surface area (Å²) in [6.45, 7) is 6.45. The maximum atomic E-state index is 9.77. The van der Waals surface area contributed by atoms with Gasteiger partial charge < -0.3 is 15.3 Å². The van der Waals surface area contributed by atoms with Gasteiger partial charge >= 0.3 is 0 Å². The molecule has 2 N–H and O–H groups in total. The Kier molecular flexibility index (Phi) is 5.58. The van der Waals surface area contributed by atoms with Crippen molar-refractivity contribution in [1.82, 2.24) is 10.2 Å². The summed E-state index contributed by atoms with van der Waals surface area (Å²) in [4.78, 5) is 2.32. The first-order chi connectivity index (χ1) is 7.11. The molecule has 0 heterocycles. The van der Waals surface area contributed by atoms with Gasteiger partial charge in [-0.25, -0.2) is 0 Å². The van der Waals surface area contributed by atoms with Crippen LogP contribution in [0.4, 0.5) is 0 Å². The van der Waals surface area contributed by atoms with Crippen molar-refractivity contribution in [2.45, 2.75) is 57.7 Å². The topological polar surface area (TPSA) is 35.5 Å². The Labute approximate surface area is 93.9 Å². The molecule has 0 saturated heterocycles. The molecule has 1 saturated carbocycles. The Hall–Kier alpha value is -0.120. The monoisotopic (exact) mass is 214 g/mol. The third kappa shape index (κ3) is 4.49. The smallest absolute Gasteiger partial charge is 0.0693 e. The number of likely N-dealkylation sites (N-methyl/N-ethyl adjacent to an activating group) is 1. The van der Waals surface area contributed by atoms with E-state index in [0.29, 0.717) is 12.1 Å². The molecule has 0 amide bonds. The van der Waals surface area contributed by atoms with Gasteiger partial charge in [0.2, 0.25) is 0 Å². The fraction of sp³-hybridized carbons (Fsp3) is 1.00. The molecule has 3 nitrogen and oxygen atoms in total. The van der Waals surface area contributed by atoms with Gasteiger partial charge in [-0.15, -0.1) is 0 Å². The molecule has 1 aliphatic rings. The number of nitrogens with one attached hydrogen (secondary N) is 1. The highest BCUT2D eigenvalue weighted by atomic mass is 16.3. The molecule has 0 aromatic carbocycles. The third-order valence-corrected chi connectivity index (χ3v) is 3.48. The van der Waals surface area contributed by atoms with E-state index in [0.717, 1.165) is 25.9 Å². The SMILES string of the molecule is CC(C)N(C)CCN[C@@H]1CCCC[C@H]1O. The first-order valence-electron chi connectivity index (χ1n) is 6.23. The van der Waals surface area contributed by atoms with E-state index in [4.69, 9.17) is 0 Å². The van der Waals surface area contributed by atoms with Crippen LogP contribution in [0, 0.1) is 0 Å². The Balaban J connectivity index is 2.13. The minimum Gasteiger partial charge on any atom is -0.392 e. The zero-order chi connectivity index (χ0) is 11.3. The van der Waals surface area contributed by atoms with Crippen molar-refractivity contribution in [3.8, 4) is 0 Å². The zero-order valence-electron chi connectivity index (χ0n) is 10.4. The summed E-state index contributed by atoms with van der Waals surface area (Å²) in [5, 5.41) is 13.2. The van der Waals surface area contributed by atoms with E-state index < -0.39 is 0 Å². The van der Waals surface area contributed by atoms with Gasteiger partial charge in [-0.05, 0) is 33.7 Å². The maximum absolute atomic E-state index is 9.77. The van der Waals surface area contributed by atoms with Crippen molar-refractivity contribution in [1.29, 1.82) is 0 Å². The van der Waals surface area contributed by atoms with E-state index in [1.54, 1.807) is 0 Å². The molecule has 2 atom stereocenters. The van der Waals surface area contributed by atoms with Gasteiger partial charge in [0, 0.05) is 25.2 Å². The van der Waals surface area contributed by atoms with Crippen LogP contribution in [0.25, 0.3) is 0 Å². The lowest BCUT2D eigenvalue weighted by molar-refractivity contribution is 0.0893. The molecule has 90 valence electrons. The largest absolute Gasteiger partial charge is 0.392 e. The molecule has 0 aromatic rings. The molecule has 0 unspecified atom stereocenters. The van der Waals surface area contributed by atoms with E-state index in [-0.39, 0.29) is 6.10 Å². The van der Waals surface area contributed by atoms with Gasteiger partial charge in [0.05, 0.1) is 6.10 Å². The van der Waals surface area contributed by atoms with Crippen LogP contribution in [0.2, 0.25) is 0 Å². The summed E-state index contributed by atoms with van der Waals surface area (Å²) in [7, 11) is 2.14. The predicted molar refractivity (Wildman–Crippen MR) is 64.0 cm³/mol. The summed E-state index contributed by atoms with van der Waals surface area (Å²) >= 11 is 0. The van der Waals surface area contributed by atoms with Crippen molar-refractivity contribution >= 4 is 0 Å². The third-order valence-electron chi connectivity index (χ3n) is 3.48. The van der Waals surface area contributed by atoms with E-state index in [1.807, 2.05) is 0 Å². The zero-order valence-corrected chi connectivity index (χ0v) is 10.4. The molecular formula is C12H26N2O. The van der Waals surface area contributed by atoms with Crippen LogP contribution in [0.15, 0.2) is 0 Å². The molecular weight excluding hydrogens is 188 g/mol. The number of nitrogens with zero attached hydrogens (tertiary/aromatic N) is 1. The van der Waals surface area contributed by atoms with E-state index in [9.17, 15) is 5.11 Å². The minimum absolute atomic E-state index is 0.122. The van der Waals surface area contributed by atoms with Crippen molar-refractivity contribution in [3.63, 3.8) is 0 Å². The van der Waals surface area contributed by atoms with Crippen molar-refractivity contribution in [3.05, 3.63) is 0 Å². The lowest BCUT2D eigenvalue weighted by atomic mass is 9.93. The molecule has 15 heavy (non-hydrogen) atoms. The Morgan fingerprint density at radius 2 is 2.00 bits per heavy atom. The van der Waals surface area contributed by atoms with Crippen LogP contribution >= 0.6 is 0 Å². The second kappa shape index (κ2) is 6.46. The summed E-state index contributed by atoms with van der Waals surface area (Å²) < 4.78 is 0. The lowest BCUT2D eigenvalue weighted by Crippen LogP contribution is -2.45. The fourth-order valence-electron chi connectivity index (χ4n) is 2.03. The lowest BCUT2D eigenvalue weighted by Gasteiger charge is -2.29. The van der Waals surface area contributed by atoms with Crippen LogP contribution in [-0.2, 0) is 0 Å². The standard InChI is InChI=1S/C12H26N2O/c1-10(2)14(3)9-8-13-11-6-4-5-7-12(11)15/h10-13,15H,4-9H2,1-3H3/t11-,12-/m1/s1. The molecule has 0 radical (unpaired) electrons. The predicted octanol–water partition coefficient (Wildman–Crippen LogP) is 1.22. The fourth-order valence-corrected chi connectivity index (χ4v) is 2.03. The molecule has 1 aliphatic carbocycles. The quantitative estimate of drug-likeness (QED) is 0.722. The number of hydrogen-bond donors (Lipinski definition) is 2. The Bertz CT molecular complexity index is 173. The van der Waals surface area contributed by atoms with Gasteiger partial charge in [-0.1, -0.05) is 12.8 Å². The molecule has 1 rings (SSSR count). The average Bonchev–Trinajstić information content (AvgIpc) is 2.20. The second-order valence-electron chi connectivity index (χ2n) is 4.99. The number of aliphatic hydroxyl groups is 1. The Morgan fingerprint density at radius 3 is 2.60 bits per heavy atom. The molecule has 0 bridgehead atoms. The molecule has 3 heteroatoms. The second-order valence-corrected chi connectivity index (χ2v) is 4.99. The van der Waals surface area contributed by atoms with Gasteiger partial charge in [0.25, 0.3) is 0 Å². The van der Waals surface area contributed by atoms with Gasteiger partial charge in [0.1, 0.15) is 0 Å². The summed E-state index contributed by atoms with van der Waals surface area (Å²) in [5.74, 6) is 0. The number of aliphatic hydroxyl groups excluding tert-OH is 1. The maximum Gasteiger partial charge on any atom is 0.0693 e. The molecule has 0 spiro atoms. The van der Waals surface area contributed by atoms with Crippen molar-refractivity contribution < 1.29 is 5.11 Å². The highest BCUT2D eigenvalue weighted by Crippen LogP contribution is 2.17. The van der Waals surface area contributed by atoms with Gasteiger partial charge in [0.15, 0.2) is 0 Å². The molecule has 0 aliphatic heterocycles. The summed E-state index contributed by atoms with van der Waals surface area (Å²) in [5.41, 5.74) is 0. The number of rotatable bonds is 5.